The van der Waals surface area contributed by atoms with Crippen LogP contribution in [0, 0.1) is 5.82 Å². The summed E-state index contributed by atoms with van der Waals surface area (Å²) in [6.07, 6.45) is -4.67. The van der Waals surface area contributed by atoms with Gasteiger partial charge in [0.05, 0.1) is 11.1 Å². The number of halogens is 4. The Morgan fingerprint density at radius 1 is 0.865 bits per heavy atom. The first-order valence-electron chi connectivity index (χ1n) is 11.2. The molecule has 3 aromatic carbocycles. The quantitative estimate of drug-likeness (QED) is 0.203. The summed E-state index contributed by atoms with van der Waals surface area (Å²) in [5, 5.41) is 12.6. The molecule has 5 nitrogen and oxygen atoms in total. The second kappa shape index (κ2) is 10.8. The molecule has 0 aliphatic heterocycles. The topological polar surface area (TPSA) is 79.5 Å². The Bertz CT molecular complexity index is 1400. The zero-order chi connectivity index (χ0) is 26.6. The van der Waals surface area contributed by atoms with E-state index in [1.165, 1.54) is 48.5 Å². The number of carboxylic acid groups (broad SMARTS) is 1. The normalized spacial score (nSPS) is 13.2. The summed E-state index contributed by atoms with van der Waals surface area (Å²) in [5.41, 5.74) is -0.845. The molecular formula is C28H21F4NO4. The smallest absolute Gasteiger partial charge is 0.417 e. The van der Waals surface area contributed by atoms with Gasteiger partial charge in [-0.25, -0.2) is 4.39 Å². The molecule has 1 heterocycles. The third kappa shape index (κ3) is 5.95. The number of hydrogen-bond acceptors (Lipinski definition) is 4. The van der Waals surface area contributed by atoms with Gasteiger partial charge in [-0.15, -0.1) is 0 Å². The van der Waals surface area contributed by atoms with Crippen LogP contribution in [-0.2, 0) is 17.4 Å². The van der Waals surface area contributed by atoms with Crippen molar-refractivity contribution < 1.29 is 36.7 Å². The molecule has 1 aromatic heterocycles. The SMILES string of the molecule is O=C(O)C(Cc1ccccc1)NC(C(=O)c1ccccc1F)c1ccc(-c2ccccc2C(F)(F)F)o1. The summed E-state index contributed by atoms with van der Waals surface area (Å²) < 4.78 is 60.8. The molecule has 9 heteroatoms. The summed E-state index contributed by atoms with van der Waals surface area (Å²) in [5.74, 6) is -3.26. The maximum Gasteiger partial charge on any atom is 0.417 e. The first kappa shape index (κ1) is 25.8. The Morgan fingerprint density at radius 2 is 1.51 bits per heavy atom. The van der Waals surface area contributed by atoms with Gasteiger partial charge in [-0.05, 0) is 42.3 Å². The summed E-state index contributed by atoms with van der Waals surface area (Å²) in [6, 6.07) is 18.3. The van der Waals surface area contributed by atoms with Gasteiger partial charge in [0.2, 0.25) is 0 Å². The number of rotatable bonds is 9. The number of benzene rings is 3. The van der Waals surface area contributed by atoms with Crippen LogP contribution in [0.5, 0.6) is 0 Å². The Balaban J connectivity index is 1.74. The zero-order valence-corrected chi connectivity index (χ0v) is 19.2. The van der Waals surface area contributed by atoms with Crippen molar-refractivity contribution in [2.75, 3.05) is 0 Å². The molecular weight excluding hydrogens is 490 g/mol. The van der Waals surface area contributed by atoms with Gasteiger partial charge in [0.15, 0.2) is 5.78 Å². The number of alkyl halides is 3. The molecule has 2 N–H and O–H groups in total. The minimum absolute atomic E-state index is 0.0122. The van der Waals surface area contributed by atoms with Crippen LogP contribution in [0.2, 0.25) is 0 Å². The Labute approximate surface area is 209 Å². The second-order valence-electron chi connectivity index (χ2n) is 8.27. The lowest BCUT2D eigenvalue weighted by molar-refractivity contribution is -0.139. The zero-order valence-electron chi connectivity index (χ0n) is 19.2. The van der Waals surface area contributed by atoms with Crippen LogP contribution >= 0.6 is 0 Å². The summed E-state index contributed by atoms with van der Waals surface area (Å²) in [6.45, 7) is 0. The largest absolute Gasteiger partial charge is 0.480 e. The highest BCUT2D eigenvalue weighted by Gasteiger charge is 2.35. The fourth-order valence-electron chi connectivity index (χ4n) is 3.97. The summed E-state index contributed by atoms with van der Waals surface area (Å²) in [4.78, 5) is 25.5. The molecule has 0 spiro atoms. The molecule has 4 rings (SSSR count). The number of furan rings is 1. The lowest BCUT2D eigenvalue weighted by Gasteiger charge is -2.22. The molecule has 0 fully saturated rings. The van der Waals surface area contributed by atoms with E-state index in [0.717, 1.165) is 12.1 Å². The molecule has 0 radical (unpaired) electrons. The van der Waals surface area contributed by atoms with Gasteiger partial charge in [0, 0.05) is 5.56 Å². The van der Waals surface area contributed by atoms with Gasteiger partial charge >= 0.3 is 12.1 Å². The summed E-state index contributed by atoms with van der Waals surface area (Å²) >= 11 is 0. The molecule has 0 saturated carbocycles. The van der Waals surface area contributed by atoms with Crippen LogP contribution in [0.4, 0.5) is 17.6 Å². The van der Waals surface area contributed by atoms with E-state index in [-0.39, 0.29) is 29.1 Å². The van der Waals surface area contributed by atoms with E-state index >= 15 is 0 Å². The molecule has 0 amide bonds. The number of carboxylic acids is 1. The van der Waals surface area contributed by atoms with Crippen molar-refractivity contribution in [3.05, 3.63) is 119 Å². The van der Waals surface area contributed by atoms with Crippen molar-refractivity contribution in [3.63, 3.8) is 0 Å². The Morgan fingerprint density at radius 3 is 2.19 bits per heavy atom. The van der Waals surface area contributed by atoms with Gasteiger partial charge in [-0.2, -0.15) is 13.2 Å². The second-order valence-corrected chi connectivity index (χ2v) is 8.27. The first-order valence-corrected chi connectivity index (χ1v) is 11.2. The standard InChI is InChI=1S/C28H21F4NO4/c29-21-13-7-5-11-19(21)26(34)25(33-22(27(35)36)16-17-8-2-1-3-9-17)24-15-14-23(37-24)18-10-4-6-12-20(18)28(30,31)32/h1-15,22,25,33H,16H2,(H,35,36). The minimum atomic E-state index is -4.66. The highest BCUT2D eigenvalue weighted by molar-refractivity contribution is 6.01. The molecule has 2 unspecified atom stereocenters. The summed E-state index contributed by atoms with van der Waals surface area (Å²) in [7, 11) is 0. The van der Waals surface area contributed by atoms with Crippen LogP contribution < -0.4 is 5.32 Å². The molecule has 2 atom stereocenters. The van der Waals surface area contributed by atoms with Crippen LogP contribution in [0.15, 0.2) is 95.4 Å². The third-order valence-electron chi connectivity index (χ3n) is 5.76. The molecule has 0 aliphatic carbocycles. The van der Waals surface area contributed by atoms with Crippen LogP contribution in [0.3, 0.4) is 0 Å². The van der Waals surface area contributed by atoms with Crippen molar-refractivity contribution in [1.82, 2.24) is 5.32 Å². The number of aliphatic carboxylic acids is 1. The average molecular weight is 511 g/mol. The van der Waals surface area contributed by atoms with Gasteiger partial charge in [-0.3, -0.25) is 14.9 Å². The number of hydrogen-bond donors (Lipinski definition) is 2. The van der Waals surface area contributed by atoms with Gasteiger partial charge in [0.25, 0.3) is 0 Å². The first-order chi connectivity index (χ1) is 17.6. The van der Waals surface area contributed by atoms with Crippen molar-refractivity contribution in [1.29, 1.82) is 0 Å². The van der Waals surface area contributed by atoms with Gasteiger partial charge in [0.1, 0.15) is 29.4 Å². The van der Waals surface area contributed by atoms with Crippen molar-refractivity contribution >= 4 is 11.8 Å². The van der Waals surface area contributed by atoms with Gasteiger partial charge in [-0.1, -0.05) is 60.7 Å². The lowest BCUT2D eigenvalue weighted by atomic mass is 9.99. The molecule has 0 bridgehead atoms. The van der Waals surface area contributed by atoms with Crippen molar-refractivity contribution in [3.8, 4) is 11.3 Å². The number of nitrogens with one attached hydrogen (secondary N) is 1. The van der Waals surface area contributed by atoms with E-state index in [9.17, 15) is 32.3 Å². The van der Waals surface area contributed by atoms with Crippen molar-refractivity contribution in [2.24, 2.45) is 0 Å². The predicted octanol–water partition coefficient (Wildman–Crippen LogP) is 6.31. The molecule has 190 valence electrons. The van der Waals surface area contributed by atoms with E-state index < -0.39 is 41.4 Å². The average Bonchev–Trinajstić information content (AvgIpc) is 3.36. The van der Waals surface area contributed by atoms with E-state index in [4.69, 9.17) is 4.42 Å². The lowest BCUT2D eigenvalue weighted by Crippen LogP contribution is -2.43. The number of carbonyl (C=O) groups excluding carboxylic acids is 1. The number of carbonyl (C=O) groups is 2. The van der Waals surface area contributed by atoms with E-state index in [2.05, 4.69) is 5.32 Å². The molecule has 37 heavy (non-hydrogen) atoms. The molecule has 0 saturated heterocycles. The monoisotopic (exact) mass is 511 g/mol. The third-order valence-corrected chi connectivity index (χ3v) is 5.76. The number of Topliss-reactive ketones (excluding diaryl/α,β-unsaturated/α-hetero) is 1. The van der Waals surface area contributed by atoms with E-state index in [1.54, 1.807) is 30.3 Å². The maximum absolute atomic E-state index is 14.5. The molecule has 4 aromatic rings. The van der Waals surface area contributed by atoms with Crippen molar-refractivity contribution in [2.45, 2.75) is 24.7 Å². The van der Waals surface area contributed by atoms with Crippen LogP contribution in [0.25, 0.3) is 11.3 Å². The fourth-order valence-corrected chi connectivity index (χ4v) is 3.97. The number of ketones is 1. The maximum atomic E-state index is 14.5. The Hall–Kier alpha value is -4.24. The van der Waals surface area contributed by atoms with Gasteiger partial charge < -0.3 is 9.52 Å². The minimum Gasteiger partial charge on any atom is -0.480 e. The fraction of sp³-hybridized carbons (Fsp3) is 0.143. The van der Waals surface area contributed by atoms with Crippen LogP contribution in [-0.4, -0.2) is 22.9 Å². The highest BCUT2D eigenvalue weighted by atomic mass is 19.4. The van der Waals surface area contributed by atoms with Crippen LogP contribution in [0.1, 0.15) is 33.3 Å². The predicted molar refractivity (Wildman–Crippen MR) is 127 cm³/mol. The highest BCUT2D eigenvalue weighted by Crippen LogP contribution is 2.38. The van der Waals surface area contributed by atoms with E-state index in [1.807, 2.05) is 0 Å². The Kier molecular flexibility index (Phi) is 7.54. The van der Waals surface area contributed by atoms with E-state index in [0.29, 0.717) is 5.56 Å². The molecule has 0 aliphatic rings.